The van der Waals surface area contributed by atoms with E-state index < -0.39 is 5.82 Å². The number of nitrogens with one attached hydrogen (secondary N) is 1. The molecular formula is C23H31FN6O2. The normalized spacial score (nSPS) is 17.5. The number of aliphatic hydroxyl groups excluding tert-OH is 1. The molecule has 4 rings (SSSR count). The predicted octanol–water partition coefficient (Wildman–Crippen LogP) is 2.63. The van der Waals surface area contributed by atoms with Gasteiger partial charge in [-0.25, -0.2) is 9.37 Å². The lowest BCUT2D eigenvalue weighted by molar-refractivity contribution is -0.131. The summed E-state index contributed by atoms with van der Waals surface area (Å²) >= 11 is 0. The molecule has 2 aromatic rings. The number of benzene rings is 1. The minimum absolute atomic E-state index is 0.176. The fourth-order valence-corrected chi connectivity index (χ4v) is 4.29. The van der Waals surface area contributed by atoms with Crippen molar-refractivity contribution in [1.29, 1.82) is 0 Å². The molecule has 3 heterocycles. The summed E-state index contributed by atoms with van der Waals surface area (Å²) < 4.78 is 14.4. The van der Waals surface area contributed by atoms with Crippen LogP contribution in [-0.2, 0) is 4.79 Å². The lowest BCUT2D eigenvalue weighted by Crippen LogP contribution is -2.48. The number of hydrogen-bond donors (Lipinski definition) is 2. The molecule has 1 amide bonds. The summed E-state index contributed by atoms with van der Waals surface area (Å²) in [7, 11) is 0. The van der Waals surface area contributed by atoms with Crippen LogP contribution in [-0.4, -0.2) is 71.8 Å². The monoisotopic (exact) mass is 442 g/mol. The Bertz CT molecular complexity index is 909. The second-order valence-electron chi connectivity index (χ2n) is 8.37. The van der Waals surface area contributed by atoms with Crippen LogP contribution in [0.15, 0.2) is 30.5 Å². The molecule has 32 heavy (non-hydrogen) atoms. The van der Waals surface area contributed by atoms with Crippen LogP contribution in [0, 0.1) is 11.7 Å². The van der Waals surface area contributed by atoms with Crippen molar-refractivity contribution in [2.75, 3.05) is 61.0 Å². The first-order valence-corrected chi connectivity index (χ1v) is 11.4. The molecule has 2 fully saturated rings. The van der Waals surface area contributed by atoms with Crippen LogP contribution < -0.4 is 15.1 Å². The number of nitrogens with zero attached hydrogens (tertiary/aromatic N) is 5. The quantitative estimate of drug-likeness (QED) is 0.711. The summed E-state index contributed by atoms with van der Waals surface area (Å²) in [4.78, 5) is 26.5. The molecule has 0 spiro atoms. The molecule has 0 atom stereocenters. The fraction of sp³-hybridized carbons (Fsp3) is 0.522. The van der Waals surface area contributed by atoms with Gasteiger partial charge in [-0.15, -0.1) is 0 Å². The van der Waals surface area contributed by atoms with Crippen molar-refractivity contribution in [1.82, 2.24) is 14.9 Å². The van der Waals surface area contributed by atoms with Gasteiger partial charge in [0.15, 0.2) is 11.6 Å². The molecular weight excluding hydrogens is 411 g/mol. The van der Waals surface area contributed by atoms with Crippen LogP contribution >= 0.6 is 0 Å². The lowest BCUT2D eigenvalue weighted by Gasteiger charge is -2.36. The zero-order valence-electron chi connectivity index (χ0n) is 18.5. The van der Waals surface area contributed by atoms with Crippen LogP contribution in [0.3, 0.4) is 0 Å². The van der Waals surface area contributed by atoms with Crippen molar-refractivity contribution in [3.63, 3.8) is 0 Å². The number of piperidine rings is 1. The number of carbonyl (C=O) groups excluding carboxylic acids is 1. The van der Waals surface area contributed by atoms with Crippen molar-refractivity contribution in [2.24, 2.45) is 5.92 Å². The maximum atomic E-state index is 14.4. The average Bonchev–Trinajstić information content (AvgIpc) is 2.85. The highest BCUT2D eigenvalue weighted by atomic mass is 19.1. The van der Waals surface area contributed by atoms with Gasteiger partial charge in [-0.05, 0) is 43.0 Å². The fourth-order valence-electron chi connectivity index (χ4n) is 4.29. The third-order valence-electron chi connectivity index (χ3n) is 6.32. The highest BCUT2D eigenvalue weighted by molar-refractivity contribution is 5.76. The van der Waals surface area contributed by atoms with Gasteiger partial charge in [0, 0.05) is 63.7 Å². The van der Waals surface area contributed by atoms with Crippen LogP contribution in [0.5, 0.6) is 0 Å². The highest BCUT2D eigenvalue weighted by Crippen LogP contribution is 2.26. The number of aliphatic hydroxyl groups is 1. The third kappa shape index (κ3) is 5.09. The molecule has 2 saturated heterocycles. The van der Waals surface area contributed by atoms with E-state index in [-0.39, 0.29) is 18.4 Å². The van der Waals surface area contributed by atoms with Gasteiger partial charge in [-0.3, -0.25) is 4.79 Å². The van der Waals surface area contributed by atoms with Gasteiger partial charge in [0.05, 0.1) is 6.20 Å². The van der Waals surface area contributed by atoms with Crippen molar-refractivity contribution >= 4 is 29.0 Å². The highest BCUT2D eigenvalue weighted by Gasteiger charge is 2.23. The summed E-state index contributed by atoms with van der Waals surface area (Å²) in [5, 5.41) is 12.5. The molecule has 2 aliphatic rings. The average molecular weight is 443 g/mol. The number of rotatable bonds is 6. The Labute approximate surface area is 188 Å². The minimum atomic E-state index is -0.436. The van der Waals surface area contributed by atoms with Gasteiger partial charge >= 0.3 is 0 Å². The molecule has 1 aromatic carbocycles. The SMILES string of the molecule is CCC(=O)N1CCN(c2ccc(Nc3ncc(F)c(N4CCC(CO)CC4)n3)cc2)CC1. The zero-order valence-corrected chi connectivity index (χ0v) is 18.5. The molecule has 0 aliphatic carbocycles. The second kappa shape index (κ2) is 10.1. The Morgan fingerprint density at radius 1 is 1.09 bits per heavy atom. The van der Waals surface area contributed by atoms with Crippen LogP contribution in [0.2, 0.25) is 0 Å². The van der Waals surface area contributed by atoms with Gasteiger partial charge in [-0.2, -0.15) is 4.98 Å². The first-order valence-electron chi connectivity index (χ1n) is 11.4. The molecule has 172 valence electrons. The van der Waals surface area contributed by atoms with E-state index in [1.807, 2.05) is 41.0 Å². The minimum Gasteiger partial charge on any atom is -0.396 e. The first kappa shape index (κ1) is 22.3. The number of anilines is 4. The number of amides is 1. The Morgan fingerprint density at radius 2 is 1.78 bits per heavy atom. The van der Waals surface area contributed by atoms with Crippen LogP contribution in [0.4, 0.5) is 27.5 Å². The van der Waals surface area contributed by atoms with Gasteiger partial charge < -0.3 is 25.1 Å². The zero-order chi connectivity index (χ0) is 22.5. The van der Waals surface area contributed by atoms with E-state index in [1.165, 1.54) is 6.20 Å². The Kier molecular flexibility index (Phi) is 7.04. The second-order valence-corrected chi connectivity index (χ2v) is 8.37. The molecule has 1 aromatic heterocycles. The molecule has 0 bridgehead atoms. The van der Waals surface area contributed by atoms with Crippen molar-refractivity contribution in [3.05, 3.63) is 36.3 Å². The molecule has 0 radical (unpaired) electrons. The molecule has 0 saturated carbocycles. The van der Waals surface area contributed by atoms with Crippen molar-refractivity contribution in [2.45, 2.75) is 26.2 Å². The standard InChI is InChI=1S/C23H31FN6O2/c1-2-21(32)29-13-11-28(12-14-29)19-5-3-18(4-6-19)26-23-25-15-20(24)22(27-23)30-9-7-17(16-31)8-10-30/h3-6,15,17,31H,2,7-14,16H2,1H3,(H,25,26,27). The molecule has 2 aliphatic heterocycles. The molecule has 2 N–H and O–H groups in total. The summed E-state index contributed by atoms with van der Waals surface area (Å²) in [5.41, 5.74) is 1.93. The lowest BCUT2D eigenvalue weighted by atomic mass is 9.98. The number of hydrogen-bond acceptors (Lipinski definition) is 7. The van der Waals surface area contributed by atoms with E-state index in [1.54, 1.807) is 0 Å². The summed E-state index contributed by atoms with van der Waals surface area (Å²) in [6.07, 6.45) is 3.40. The van der Waals surface area contributed by atoms with E-state index in [9.17, 15) is 14.3 Å². The summed E-state index contributed by atoms with van der Waals surface area (Å²) in [5.74, 6) is 0.706. The predicted molar refractivity (Wildman–Crippen MR) is 123 cm³/mol. The van der Waals surface area contributed by atoms with E-state index in [2.05, 4.69) is 20.2 Å². The van der Waals surface area contributed by atoms with Gasteiger partial charge in [0.25, 0.3) is 0 Å². The third-order valence-corrected chi connectivity index (χ3v) is 6.32. The van der Waals surface area contributed by atoms with Gasteiger partial charge in [0.1, 0.15) is 0 Å². The smallest absolute Gasteiger partial charge is 0.229 e. The Hall–Kier alpha value is -2.94. The largest absolute Gasteiger partial charge is 0.396 e. The number of halogens is 1. The van der Waals surface area contributed by atoms with Gasteiger partial charge in [-0.1, -0.05) is 6.92 Å². The van der Waals surface area contributed by atoms with E-state index in [0.717, 1.165) is 50.4 Å². The molecule has 8 nitrogen and oxygen atoms in total. The first-order chi connectivity index (χ1) is 15.6. The number of carbonyl (C=O) groups is 1. The van der Waals surface area contributed by atoms with Crippen molar-refractivity contribution < 1.29 is 14.3 Å². The van der Waals surface area contributed by atoms with Crippen LogP contribution in [0.25, 0.3) is 0 Å². The Morgan fingerprint density at radius 3 is 2.41 bits per heavy atom. The van der Waals surface area contributed by atoms with Gasteiger partial charge in [0.2, 0.25) is 11.9 Å². The van der Waals surface area contributed by atoms with E-state index >= 15 is 0 Å². The summed E-state index contributed by atoms with van der Waals surface area (Å²) in [6, 6.07) is 7.98. The van der Waals surface area contributed by atoms with E-state index in [4.69, 9.17) is 0 Å². The summed E-state index contributed by atoms with van der Waals surface area (Å²) in [6.45, 7) is 6.53. The van der Waals surface area contributed by atoms with Crippen molar-refractivity contribution in [3.8, 4) is 0 Å². The molecule has 0 unspecified atom stereocenters. The van der Waals surface area contributed by atoms with Crippen LogP contribution in [0.1, 0.15) is 26.2 Å². The van der Waals surface area contributed by atoms with E-state index in [0.29, 0.717) is 31.3 Å². The maximum Gasteiger partial charge on any atom is 0.229 e. The number of aromatic nitrogens is 2. The topological polar surface area (TPSA) is 84.8 Å². The Balaban J connectivity index is 1.37. The maximum absolute atomic E-state index is 14.4. The number of piperazine rings is 1. The molecule has 9 heteroatoms.